The van der Waals surface area contributed by atoms with Gasteiger partial charge in [-0.1, -0.05) is 12.1 Å². The van der Waals surface area contributed by atoms with E-state index in [1.807, 2.05) is 0 Å². The van der Waals surface area contributed by atoms with E-state index in [1.54, 1.807) is 16.0 Å². The normalized spacial score (nSPS) is 24.1. The van der Waals surface area contributed by atoms with E-state index in [0.29, 0.717) is 23.7 Å². The number of aryl methyl sites for hydroxylation is 2. The molecule has 1 saturated heterocycles. The second-order valence-electron chi connectivity index (χ2n) is 11.8. The molecule has 3 atom stereocenters. The topological polar surface area (TPSA) is 84.9 Å². The molecule has 1 saturated carbocycles. The van der Waals surface area contributed by atoms with Crippen molar-refractivity contribution in [3.63, 3.8) is 0 Å². The van der Waals surface area contributed by atoms with E-state index >= 15 is 0 Å². The molecule has 3 aliphatic carbocycles. The van der Waals surface area contributed by atoms with Crippen LogP contribution in [0.2, 0.25) is 0 Å². The van der Waals surface area contributed by atoms with Crippen molar-refractivity contribution >= 4 is 28.9 Å². The number of hydrogen-bond donors (Lipinski definition) is 2. The molecule has 4 aromatic rings. The molecule has 3 unspecified atom stereocenters. The molecular weight excluding hydrogens is 502 g/mol. The Morgan fingerprint density at radius 1 is 0.923 bits per heavy atom. The lowest BCUT2D eigenvalue weighted by Crippen LogP contribution is -2.32. The molecule has 8 rings (SSSR count). The number of rotatable bonds is 5. The largest absolute Gasteiger partial charge is 0.368 e. The predicted molar refractivity (Wildman–Crippen MR) is 157 cm³/mol. The number of fused-ring (bicyclic) bond motifs is 6. The number of nitrogens with one attached hydrogen (secondary N) is 1. The number of nitrogen functional groups attached to an aromatic ring is 1. The summed E-state index contributed by atoms with van der Waals surface area (Å²) < 4.78 is 1.70. The first-order chi connectivity index (χ1) is 19.2. The van der Waals surface area contributed by atoms with Gasteiger partial charge in [-0.05, 0) is 123 Å². The highest BCUT2D eigenvalue weighted by atomic mass is 32.1. The summed E-state index contributed by atoms with van der Waals surface area (Å²) in [5, 5.41) is 10.4. The van der Waals surface area contributed by atoms with Gasteiger partial charge in [0.2, 0.25) is 11.9 Å². The molecule has 2 bridgehead atoms. The van der Waals surface area contributed by atoms with Crippen molar-refractivity contribution in [2.75, 3.05) is 24.1 Å². The maximum Gasteiger partial charge on any atom is 0.248 e. The van der Waals surface area contributed by atoms with Gasteiger partial charge in [0.05, 0.1) is 5.69 Å². The summed E-state index contributed by atoms with van der Waals surface area (Å²) >= 11 is 1.78. The Balaban J connectivity index is 1.07. The van der Waals surface area contributed by atoms with Gasteiger partial charge in [-0.2, -0.15) is 9.67 Å². The Kier molecular flexibility index (Phi) is 5.73. The van der Waals surface area contributed by atoms with Gasteiger partial charge in [0.1, 0.15) is 0 Å². The molecule has 4 aliphatic rings. The van der Waals surface area contributed by atoms with Gasteiger partial charge in [-0.15, -0.1) is 16.4 Å². The average Bonchev–Trinajstić information content (AvgIpc) is 3.78. The third kappa shape index (κ3) is 4.16. The van der Waals surface area contributed by atoms with Gasteiger partial charge in [0.15, 0.2) is 5.82 Å². The van der Waals surface area contributed by atoms with Crippen LogP contribution in [0.5, 0.6) is 0 Å². The van der Waals surface area contributed by atoms with Crippen LogP contribution in [0.15, 0.2) is 41.8 Å². The van der Waals surface area contributed by atoms with Crippen molar-refractivity contribution in [2.24, 2.45) is 0 Å². The lowest BCUT2D eigenvalue weighted by atomic mass is 9.91. The zero-order valence-corrected chi connectivity index (χ0v) is 23.1. The molecule has 2 fully saturated rings. The third-order valence-corrected chi connectivity index (χ3v) is 10.5. The second kappa shape index (κ2) is 9.45. The summed E-state index contributed by atoms with van der Waals surface area (Å²) in [6.07, 6.45) is 11.2. The highest BCUT2D eigenvalue weighted by Crippen LogP contribution is 2.55. The minimum Gasteiger partial charge on any atom is -0.368 e. The van der Waals surface area contributed by atoms with Crippen LogP contribution >= 0.6 is 11.3 Å². The molecule has 0 radical (unpaired) electrons. The summed E-state index contributed by atoms with van der Waals surface area (Å²) in [7, 11) is 0. The monoisotopic (exact) mass is 537 g/mol. The Morgan fingerprint density at radius 3 is 2.62 bits per heavy atom. The van der Waals surface area contributed by atoms with Crippen LogP contribution in [-0.4, -0.2) is 43.8 Å². The molecule has 0 spiro atoms. The van der Waals surface area contributed by atoms with Gasteiger partial charge in [-0.25, -0.2) is 4.98 Å². The van der Waals surface area contributed by atoms with Gasteiger partial charge in [0.25, 0.3) is 0 Å². The Bertz CT molecular complexity index is 1520. The zero-order chi connectivity index (χ0) is 25.9. The van der Waals surface area contributed by atoms with Crippen LogP contribution in [-0.2, 0) is 12.8 Å². The fourth-order valence-electron chi connectivity index (χ4n) is 7.65. The first-order valence-corrected chi connectivity index (χ1v) is 15.5. The summed E-state index contributed by atoms with van der Waals surface area (Å²) in [6, 6.07) is 14.0. The lowest BCUT2D eigenvalue weighted by molar-refractivity contribution is 0.222. The van der Waals surface area contributed by atoms with Crippen LogP contribution in [0.3, 0.4) is 0 Å². The Morgan fingerprint density at radius 2 is 1.77 bits per heavy atom. The minimum atomic E-state index is 0.355. The number of thiophene rings is 1. The summed E-state index contributed by atoms with van der Waals surface area (Å²) in [4.78, 5) is 13.7. The molecule has 3 N–H and O–H groups in total. The number of nitrogens with zero attached hydrogens (tertiary/aromatic N) is 5. The van der Waals surface area contributed by atoms with E-state index in [2.05, 4.69) is 57.0 Å². The van der Waals surface area contributed by atoms with Gasteiger partial charge in [0, 0.05) is 28.1 Å². The predicted octanol–water partition coefficient (Wildman–Crippen LogP) is 6.42. The molecule has 200 valence electrons. The van der Waals surface area contributed by atoms with Crippen LogP contribution in [0.25, 0.3) is 16.3 Å². The van der Waals surface area contributed by atoms with Crippen molar-refractivity contribution in [1.29, 1.82) is 0 Å². The van der Waals surface area contributed by atoms with Gasteiger partial charge >= 0.3 is 0 Å². The SMILES string of the molecule is Nc1nc(Nc2ccc3c(c2)CCC(N2CCCC2)CC3)nn1-c1cc(-c2cccs2)c2c(n1)C1CCC2C1. The average molecular weight is 538 g/mol. The molecule has 3 aromatic heterocycles. The Labute approximate surface area is 233 Å². The number of anilines is 3. The van der Waals surface area contributed by atoms with Crippen molar-refractivity contribution in [3.05, 3.63) is 64.2 Å². The Hall–Kier alpha value is -3.23. The maximum absolute atomic E-state index is 6.43. The molecular formula is C31H35N7S. The maximum atomic E-state index is 6.43. The first kappa shape index (κ1) is 23.6. The number of hydrogen-bond acceptors (Lipinski definition) is 7. The van der Waals surface area contributed by atoms with Crippen LogP contribution in [0.1, 0.15) is 79.2 Å². The van der Waals surface area contributed by atoms with Crippen molar-refractivity contribution in [1.82, 2.24) is 24.6 Å². The number of aromatic nitrogens is 4. The van der Waals surface area contributed by atoms with E-state index in [4.69, 9.17) is 15.8 Å². The van der Waals surface area contributed by atoms with E-state index in [-0.39, 0.29) is 0 Å². The smallest absolute Gasteiger partial charge is 0.248 e. The fraction of sp³-hybridized carbons (Fsp3) is 0.452. The number of likely N-dealkylation sites (tertiary alicyclic amines) is 1. The van der Waals surface area contributed by atoms with E-state index < -0.39 is 0 Å². The van der Waals surface area contributed by atoms with Crippen LogP contribution in [0.4, 0.5) is 17.6 Å². The summed E-state index contributed by atoms with van der Waals surface area (Å²) in [5.41, 5.74) is 14.4. The first-order valence-electron chi connectivity index (χ1n) is 14.6. The van der Waals surface area contributed by atoms with Crippen molar-refractivity contribution in [3.8, 4) is 16.3 Å². The van der Waals surface area contributed by atoms with Crippen molar-refractivity contribution in [2.45, 2.75) is 75.7 Å². The third-order valence-electron chi connectivity index (χ3n) is 9.55. The molecule has 1 aliphatic heterocycles. The quantitative estimate of drug-likeness (QED) is 0.286. The molecule has 0 amide bonds. The molecule has 39 heavy (non-hydrogen) atoms. The van der Waals surface area contributed by atoms with Gasteiger partial charge in [-0.3, -0.25) is 0 Å². The van der Waals surface area contributed by atoms with Gasteiger partial charge < -0.3 is 16.0 Å². The van der Waals surface area contributed by atoms with Crippen LogP contribution < -0.4 is 11.1 Å². The van der Waals surface area contributed by atoms with E-state index in [0.717, 1.165) is 30.4 Å². The zero-order valence-electron chi connectivity index (χ0n) is 22.3. The highest BCUT2D eigenvalue weighted by molar-refractivity contribution is 7.13. The lowest BCUT2D eigenvalue weighted by Gasteiger charge is -2.25. The standard InChI is InChI=1S/C31H35N7S/c32-30-35-31(33-23-10-7-19-8-11-24(12-9-20(19)17-23)37-13-1-2-14-37)36-38(30)27-18-25(26-4-3-15-39-26)28-21-5-6-22(16-21)29(28)34-27/h3-4,7,10,15,17-18,21-22,24H,1-2,5-6,8-9,11-14,16H2,(H3,32,33,35,36). The fourth-order valence-corrected chi connectivity index (χ4v) is 8.41. The molecule has 7 nitrogen and oxygen atoms in total. The van der Waals surface area contributed by atoms with E-state index in [1.165, 1.54) is 90.9 Å². The molecule has 4 heterocycles. The molecule has 8 heteroatoms. The second-order valence-corrected chi connectivity index (χ2v) is 12.7. The summed E-state index contributed by atoms with van der Waals surface area (Å²) in [6.45, 7) is 2.55. The number of pyridine rings is 1. The van der Waals surface area contributed by atoms with Crippen molar-refractivity contribution < 1.29 is 0 Å². The molecule has 1 aromatic carbocycles. The van der Waals surface area contributed by atoms with Crippen LogP contribution in [0, 0.1) is 0 Å². The van der Waals surface area contributed by atoms with E-state index in [9.17, 15) is 0 Å². The number of benzene rings is 1. The minimum absolute atomic E-state index is 0.355. The summed E-state index contributed by atoms with van der Waals surface area (Å²) in [5.74, 6) is 2.81. The highest BCUT2D eigenvalue weighted by Gasteiger charge is 2.40. The number of nitrogens with two attached hydrogens (primary N) is 1.